The average molecular weight is 395 g/mol. The van der Waals surface area contributed by atoms with Crippen LogP contribution in [0.4, 0.5) is 0 Å². The van der Waals surface area contributed by atoms with Gasteiger partial charge in [-0.15, -0.1) is 0 Å². The number of aliphatic hydroxyl groups is 2. The van der Waals surface area contributed by atoms with E-state index in [9.17, 15) is 10.2 Å². The van der Waals surface area contributed by atoms with E-state index >= 15 is 0 Å². The van der Waals surface area contributed by atoms with Crippen molar-refractivity contribution in [1.82, 2.24) is 0 Å². The minimum Gasteiger partial charge on any atom is -0.365 e. The van der Waals surface area contributed by atoms with E-state index in [2.05, 4.69) is 24.3 Å². The molecule has 2 aromatic rings. The van der Waals surface area contributed by atoms with Crippen molar-refractivity contribution in [3.63, 3.8) is 0 Å². The van der Waals surface area contributed by atoms with E-state index < -0.39 is 11.2 Å². The molecule has 0 aliphatic heterocycles. The van der Waals surface area contributed by atoms with Gasteiger partial charge in [0.1, 0.15) is 0 Å². The number of rotatable bonds is 2. The summed E-state index contributed by atoms with van der Waals surface area (Å²) in [7, 11) is 0. The van der Waals surface area contributed by atoms with Crippen LogP contribution in [0.15, 0.2) is 60.7 Å². The topological polar surface area (TPSA) is 40.5 Å². The van der Waals surface area contributed by atoms with Crippen LogP contribution in [-0.4, -0.2) is 16.0 Å². The van der Waals surface area contributed by atoms with Crippen molar-refractivity contribution in [2.24, 2.45) is 0 Å². The predicted molar refractivity (Wildman–Crippen MR) is 121 cm³/mol. The molecule has 158 valence electrons. The lowest BCUT2D eigenvalue weighted by Gasteiger charge is -2.45. The van der Waals surface area contributed by atoms with Gasteiger partial charge in [0.2, 0.25) is 0 Å². The van der Waals surface area contributed by atoms with Crippen molar-refractivity contribution < 1.29 is 10.2 Å². The van der Waals surface area contributed by atoms with Gasteiger partial charge < -0.3 is 10.2 Å². The van der Waals surface area contributed by atoms with E-state index in [4.69, 9.17) is 0 Å². The molecule has 0 spiro atoms. The van der Waals surface area contributed by atoms with Gasteiger partial charge in [0.05, 0.1) is 5.41 Å². The highest BCUT2D eigenvalue weighted by molar-refractivity contribution is 5.42. The lowest BCUT2D eigenvalue weighted by Crippen LogP contribution is -2.52. The zero-order valence-corrected chi connectivity index (χ0v) is 17.9. The summed E-state index contributed by atoms with van der Waals surface area (Å²) in [5, 5.41) is 23.2. The Kier molecular flexibility index (Phi) is 8.32. The first kappa shape index (κ1) is 22.1. The summed E-state index contributed by atoms with van der Waals surface area (Å²) in [6.45, 7) is 0. The standard InChI is InChI=1S/C27H38O2/c28-27(29)23-17-9-7-5-3-1-2-4-6-8-16-22-26(27,24-18-12-10-13-19-24)25-20-14-11-15-21-25/h10-15,18-21,28-29H,1-9,16-17,22-23H2. The van der Waals surface area contributed by atoms with Crippen molar-refractivity contribution in [2.75, 3.05) is 0 Å². The third-order valence-electron chi connectivity index (χ3n) is 6.79. The molecule has 1 aliphatic rings. The van der Waals surface area contributed by atoms with Crippen LogP contribution in [0.2, 0.25) is 0 Å². The van der Waals surface area contributed by atoms with E-state index in [0.29, 0.717) is 6.42 Å². The second kappa shape index (κ2) is 10.9. The molecule has 0 bridgehead atoms. The number of hydrogen-bond donors (Lipinski definition) is 2. The van der Waals surface area contributed by atoms with Crippen molar-refractivity contribution in [3.05, 3.63) is 71.8 Å². The highest BCUT2D eigenvalue weighted by atomic mass is 16.5. The smallest absolute Gasteiger partial charge is 0.176 e. The summed E-state index contributed by atoms with van der Waals surface area (Å²) < 4.78 is 0. The van der Waals surface area contributed by atoms with Gasteiger partial charge in [-0.1, -0.05) is 125 Å². The lowest BCUT2D eigenvalue weighted by atomic mass is 9.64. The Morgan fingerprint density at radius 2 is 0.793 bits per heavy atom. The van der Waals surface area contributed by atoms with Crippen LogP contribution in [0.1, 0.15) is 94.6 Å². The minimum atomic E-state index is -1.77. The molecule has 0 atom stereocenters. The van der Waals surface area contributed by atoms with Crippen LogP contribution in [0, 0.1) is 0 Å². The summed E-state index contributed by atoms with van der Waals surface area (Å²) in [6.07, 6.45) is 14.3. The molecular formula is C27H38O2. The molecule has 29 heavy (non-hydrogen) atoms. The van der Waals surface area contributed by atoms with Crippen LogP contribution < -0.4 is 0 Å². The normalized spacial score (nSPS) is 21.6. The van der Waals surface area contributed by atoms with Crippen molar-refractivity contribution >= 4 is 0 Å². The molecule has 0 heterocycles. The quantitative estimate of drug-likeness (QED) is 0.554. The molecule has 3 rings (SSSR count). The zero-order chi connectivity index (χ0) is 20.4. The molecule has 2 heteroatoms. The molecule has 0 radical (unpaired) electrons. The zero-order valence-electron chi connectivity index (χ0n) is 17.9. The first-order valence-corrected chi connectivity index (χ1v) is 11.7. The molecular weight excluding hydrogens is 356 g/mol. The summed E-state index contributed by atoms with van der Waals surface area (Å²) in [5.74, 6) is -1.77. The van der Waals surface area contributed by atoms with Gasteiger partial charge in [0, 0.05) is 6.42 Å². The highest BCUT2D eigenvalue weighted by Gasteiger charge is 2.50. The van der Waals surface area contributed by atoms with E-state index in [1.165, 1.54) is 44.9 Å². The van der Waals surface area contributed by atoms with Gasteiger partial charge in [-0.2, -0.15) is 0 Å². The van der Waals surface area contributed by atoms with Crippen LogP contribution in [0.25, 0.3) is 0 Å². The maximum absolute atomic E-state index is 11.6. The number of hydrogen-bond acceptors (Lipinski definition) is 2. The van der Waals surface area contributed by atoms with E-state index in [0.717, 1.165) is 43.2 Å². The summed E-state index contributed by atoms with van der Waals surface area (Å²) in [4.78, 5) is 0. The first-order chi connectivity index (χ1) is 14.2. The largest absolute Gasteiger partial charge is 0.365 e. The molecule has 1 aliphatic carbocycles. The minimum absolute atomic E-state index is 0.413. The van der Waals surface area contributed by atoms with Gasteiger partial charge in [-0.05, 0) is 24.0 Å². The molecule has 1 fully saturated rings. The van der Waals surface area contributed by atoms with Gasteiger partial charge in [0.15, 0.2) is 5.79 Å². The fourth-order valence-electron chi connectivity index (χ4n) is 5.13. The Balaban J connectivity index is 1.99. The molecule has 0 saturated heterocycles. The Morgan fingerprint density at radius 1 is 0.448 bits per heavy atom. The second-order valence-electron chi connectivity index (χ2n) is 8.84. The maximum Gasteiger partial charge on any atom is 0.176 e. The SMILES string of the molecule is OC1(O)CCCCCCCCCCCCCC1(c1ccccc1)c1ccccc1. The van der Waals surface area contributed by atoms with Gasteiger partial charge in [0.25, 0.3) is 0 Å². The van der Waals surface area contributed by atoms with Crippen molar-refractivity contribution in [3.8, 4) is 0 Å². The van der Waals surface area contributed by atoms with Crippen LogP contribution in [-0.2, 0) is 5.41 Å². The summed E-state index contributed by atoms with van der Waals surface area (Å²) in [5.41, 5.74) is 1.23. The predicted octanol–water partition coefficient (Wildman–Crippen LogP) is 6.74. The third kappa shape index (κ3) is 5.49. The fraction of sp³-hybridized carbons (Fsp3) is 0.556. The van der Waals surface area contributed by atoms with Crippen molar-refractivity contribution in [2.45, 2.75) is 94.7 Å². The number of benzene rings is 2. The molecule has 0 unspecified atom stereocenters. The molecule has 1 saturated carbocycles. The van der Waals surface area contributed by atoms with Crippen LogP contribution in [0.5, 0.6) is 0 Å². The van der Waals surface area contributed by atoms with E-state index in [1.54, 1.807) is 0 Å². The molecule has 2 nitrogen and oxygen atoms in total. The Hall–Kier alpha value is -1.64. The lowest BCUT2D eigenvalue weighted by molar-refractivity contribution is -0.210. The Labute approximate surface area is 177 Å². The second-order valence-corrected chi connectivity index (χ2v) is 8.84. The Morgan fingerprint density at radius 3 is 1.21 bits per heavy atom. The van der Waals surface area contributed by atoms with E-state index in [1.807, 2.05) is 36.4 Å². The van der Waals surface area contributed by atoms with Gasteiger partial charge in [-0.25, -0.2) is 0 Å². The molecule has 2 aromatic carbocycles. The van der Waals surface area contributed by atoms with Crippen LogP contribution in [0.3, 0.4) is 0 Å². The van der Waals surface area contributed by atoms with Crippen LogP contribution >= 0.6 is 0 Å². The fourth-order valence-corrected chi connectivity index (χ4v) is 5.13. The molecule has 2 N–H and O–H groups in total. The van der Waals surface area contributed by atoms with Gasteiger partial charge >= 0.3 is 0 Å². The Bertz CT molecular complexity index is 653. The first-order valence-electron chi connectivity index (χ1n) is 11.7. The summed E-state index contributed by atoms with van der Waals surface area (Å²) in [6, 6.07) is 20.4. The highest BCUT2D eigenvalue weighted by Crippen LogP contribution is 2.47. The molecule has 0 aromatic heterocycles. The molecule has 0 amide bonds. The monoisotopic (exact) mass is 394 g/mol. The third-order valence-corrected chi connectivity index (χ3v) is 6.79. The van der Waals surface area contributed by atoms with E-state index in [-0.39, 0.29) is 0 Å². The summed E-state index contributed by atoms with van der Waals surface area (Å²) >= 11 is 0. The van der Waals surface area contributed by atoms with Crippen molar-refractivity contribution in [1.29, 1.82) is 0 Å². The average Bonchev–Trinajstić information content (AvgIpc) is 2.75. The maximum atomic E-state index is 11.6. The van der Waals surface area contributed by atoms with Gasteiger partial charge in [-0.3, -0.25) is 0 Å².